The molecule has 2 N–H and O–H groups in total. The van der Waals surface area contributed by atoms with Gasteiger partial charge < -0.3 is 10.4 Å². The third-order valence-corrected chi connectivity index (χ3v) is 5.16. The van der Waals surface area contributed by atoms with Gasteiger partial charge in [0, 0.05) is 19.0 Å². The van der Waals surface area contributed by atoms with Crippen LogP contribution in [0.3, 0.4) is 0 Å². The van der Waals surface area contributed by atoms with Gasteiger partial charge in [-0.25, -0.2) is 13.4 Å². The van der Waals surface area contributed by atoms with Gasteiger partial charge in [0.05, 0.1) is 5.41 Å². The Morgan fingerprint density at radius 2 is 2.05 bits per heavy atom. The van der Waals surface area contributed by atoms with E-state index in [-0.39, 0.29) is 17.3 Å². The molecule has 0 radical (unpaired) electrons. The Labute approximate surface area is 124 Å². The Morgan fingerprint density at radius 3 is 2.62 bits per heavy atom. The van der Waals surface area contributed by atoms with Gasteiger partial charge >= 0.3 is 5.97 Å². The minimum absolute atomic E-state index is 0.0985. The van der Waals surface area contributed by atoms with Crippen molar-refractivity contribution in [3.63, 3.8) is 0 Å². The Hall–Kier alpha value is -1.63. The molecular weight excluding hydrogens is 292 g/mol. The van der Waals surface area contributed by atoms with E-state index in [0.29, 0.717) is 12.8 Å². The summed E-state index contributed by atoms with van der Waals surface area (Å²) in [6.07, 6.45) is 6.64. The van der Waals surface area contributed by atoms with Crippen molar-refractivity contribution in [1.29, 1.82) is 0 Å². The van der Waals surface area contributed by atoms with Gasteiger partial charge in [0.2, 0.25) is 0 Å². The Balaban J connectivity index is 2.21. The molecule has 0 bridgehead atoms. The summed E-state index contributed by atoms with van der Waals surface area (Å²) < 4.78 is 23.4. The van der Waals surface area contributed by atoms with Crippen LogP contribution in [0.15, 0.2) is 23.2 Å². The van der Waals surface area contributed by atoms with Gasteiger partial charge in [-0.15, -0.1) is 0 Å². The summed E-state index contributed by atoms with van der Waals surface area (Å²) in [6.45, 7) is 0.196. The van der Waals surface area contributed by atoms with Crippen molar-refractivity contribution in [2.45, 2.75) is 37.0 Å². The number of hydrogen-bond acceptors (Lipinski definition) is 5. The summed E-state index contributed by atoms with van der Waals surface area (Å²) in [6, 6.07) is 3.02. The second kappa shape index (κ2) is 6.01. The summed E-state index contributed by atoms with van der Waals surface area (Å²) in [7, 11) is -3.40. The van der Waals surface area contributed by atoms with Crippen molar-refractivity contribution < 1.29 is 18.3 Å². The molecule has 1 fully saturated rings. The predicted octanol–water partition coefficient (Wildman–Crippen LogP) is 1.93. The van der Waals surface area contributed by atoms with Crippen molar-refractivity contribution in [2.24, 2.45) is 5.41 Å². The minimum atomic E-state index is -3.40. The number of carboxylic acids is 1. The number of nitrogens with zero attached hydrogens (tertiary/aromatic N) is 1. The van der Waals surface area contributed by atoms with Crippen LogP contribution in [0, 0.1) is 5.41 Å². The molecule has 1 aromatic rings. The SMILES string of the molecule is CS(=O)(=O)c1cccnc1NCC1(C(=O)O)CCCCC1. The molecule has 0 aliphatic heterocycles. The Morgan fingerprint density at radius 1 is 1.38 bits per heavy atom. The lowest BCUT2D eigenvalue weighted by Crippen LogP contribution is -2.40. The second-order valence-corrected chi connectivity index (χ2v) is 7.61. The van der Waals surface area contributed by atoms with Crippen LogP contribution in [0.5, 0.6) is 0 Å². The number of sulfone groups is 1. The van der Waals surface area contributed by atoms with E-state index in [1.807, 2.05) is 0 Å². The monoisotopic (exact) mass is 312 g/mol. The average Bonchev–Trinajstić information content (AvgIpc) is 2.45. The number of anilines is 1. The molecule has 2 rings (SSSR count). The molecule has 1 aromatic heterocycles. The van der Waals surface area contributed by atoms with Crippen molar-refractivity contribution in [3.05, 3.63) is 18.3 Å². The number of nitrogens with one attached hydrogen (secondary N) is 1. The molecule has 0 spiro atoms. The first kappa shape index (κ1) is 15.8. The number of carbonyl (C=O) groups is 1. The highest BCUT2D eigenvalue weighted by atomic mass is 32.2. The van der Waals surface area contributed by atoms with E-state index in [2.05, 4.69) is 10.3 Å². The summed E-state index contributed by atoms with van der Waals surface area (Å²) in [5.41, 5.74) is -0.829. The summed E-state index contributed by atoms with van der Waals surface area (Å²) >= 11 is 0. The molecule has 6 nitrogen and oxygen atoms in total. The van der Waals surface area contributed by atoms with E-state index in [4.69, 9.17) is 0 Å². The smallest absolute Gasteiger partial charge is 0.311 e. The van der Waals surface area contributed by atoms with Gasteiger partial charge in [0.25, 0.3) is 0 Å². The molecule has 1 saturated carbocycles. The van der Waals surface area contributed by atoms with E-state index in [0.717, 1.165) is 25.5 Å². The first-order chi connectivity index (χ1) is 9.85. The van der Waals surface area contributed by atoms with Crippen molar-refractivity contribution in [3.8, 4) is 0 Å². The van der Waals surface area contributed by atoms with Gasteiger partial charge in [0.15, 0.2) is 9.84 Å². The molecule has 0 amide bonds. The fourth-order valence-electron chi connectivity index (χ4n) is 2.77. The van der Waals surface area contributed by atoms with Gasteiger partial charge in [-0.05, 0) is 25.0 Å². The molecular formula is C14H20N2O4S. The number of carboxylic acid groups (broad SMARTS) is 1. The van der Waals surface area contributed by atoms with Crippen LogP contribution in [0.1, 0.15) is 32.1 Å². The lowest BCUT2D eigenvalue weighted by Gasteiger charge is -2.33. The summed E-state index contributed by atoms with van der Waals surface area (Å²) in [4.78, 5) is 15.7. The van der Waals surface area contributed by atoms with Gasteiger partial charge in [-0.2, -0.15) is 0 Å². The maximum absolute atomic E-state index is 11.7. The highest BCUT2D eigenvalue weighted by Crippen LogP contribution is 2.37. The average molecular weight is 312 g/mol. The van der Waals surface area contributed by atoms with Crippen LogP contribution in [0.4, 0.5) is 5.82 Å². The number of aliphatic carboxylic acids is 1. The first-order valence-corrected chi connectivity index (χ1v) is 8.87. The van der Waals surface area contributed by atoms with Crippen molar-refractivity contribution in [1.82, 2.24) is 4.98 Å². The van der Waals surface area contributed by atoms with Crippen LogP contribution < -0.4 is 5.32 Å². The van der Waals surface area contributed by atoms with Gasteiger partial charge in [0.1, 0.15) is 10.7 Å². The zero-order chi connectivity index (χ0) is 15.5. The molecule has 7 heteroatoms. The molecule has 0 saturated heterocycles. The minimum Gasteiger partial charge on any atom is -0.481 e. The predicted molar refractivity (Wildman–Crippen MR) is 79.0 cm³/mol. The third-order valence-electron chi connectivity index (χ3n) is 4.03. The summed E-state index contributed by atoms with van der Waals surface area (Å²) in [5, 5.41) is 12.5. The van der Waals surface area contributed by atoms with Crippen molar-refractivity contribution >= 4 is 21.6 Å². The first-order valence-electron chi connectivity index (χ1n) is 6.97. The number of rotatable bonds is 5. The van der Waals surface area contributed by atoms with Crippen molar-refractivity contribution in [2.75, 3.05) is 18.1 Å². The van der Waals surface area contributed by atoms with E-state index in [9.17, 15) is 18.3 Å². The molecule has 0 unspecified atom stereocenters. The molecule has 116 valence electrons. The van der Waals surface area contributed by atoms with E-state index in [1.165, 1.54) is 12.3 Å². The topological polar surface area (TPSA) is 96.4 Å². The maximum atomic E-state index is 11.7. The largest absolute Gasteiger partial charge is 0.481 e. The highest BCUT2D eigenvalue weighted by molar-refractivity contribution is 7.90. The lowest BCUT2D eigenvalue weighted by atomic mass is 9.74. The van der Waals surface area contributed by atoms with Crippen LogP contribution in [-0.4, -0.2) is 37.3 Å². The van der Waals surface area contributed by atoms with Gasteiger partial charge in [-0.3, -0.25) is 4.79 Å². The standard InChI is InChI=1S/C14H20N2O4S/c1-21(19,20)11-6-5-9-15-12(11)16-10-14(13(17)18)7-3-2-4-8-14/h5-6,9H,2-4,7-8,10H2,1H3,(H,15,16)(H,17,18). The number of hydrogen-bond donors (Lipinski definition) is 2. The fourth-order valence-corrected chi connectivity index (χ4v) is 3.57. The maximum Gasteiger partial charge on any atom is 0.311 e. The highest BCUT2D eigenvalue weighted by Gasteiger charge is 2.39. The lowest BCUT2D eigenvalue weighted by molar-refractivity contribution is -0.150. The summed E-state index contributed by atoms with van der Waals surface area (Å²) in [5.74, 6) is -0.599. The second-order valence-electron chi connectivity index (χ2n) is 5.62. The van der Waals surface area contributed by atoms with Crippen LogP contribution in [-0.2, 0) is 14.6 Å². The van der Waals surface area contributed by atoms with E-state index in [1.54, 1.807) is 6.07 Å². The number of pyridine rings is 1. The fraction of sp³-hybridized carbons (Fsp3) is 0.571. The third kappa shape index (κ3) is 3.53. The van der Waals surface area contributed by atoms with Gasteiger partial charge in [-0.1, -0.05) is 19.3 Å². The molecule has 0 aromatic carbocycles. The molecule has 1 heterocycles. The van der Waals surface area contributed by atoms with E-state index < -0.39 is 21.2 Å². The molecule has 0 atom stereocenters. The van der Waals surface area contributed by atoms with Crippen LogP contribution >= 0.6 is 0 Å². The zero-order valence-corrected chi connectivity index (χ0v) is 12.8. The zero-order valence-electron chi connectivity index (χ0n) is 12.0. The quantitative estimate of drug-likeness (QED) is 0.862. The number of aromatic nitrogens is 1. The molecule has 1 aliphatic carbocycles. The molecule has 1 aliphatic rings. The molecule has 21 heavy (non-hydrogen) atoms. The normalized spacial score (nSPS) is 18.1. The Kier molecular flexibility index (Phi) is 4.51. The Bertz CT molecular complexity index is 622. The van der Waals surface area contributed by atoms with E-state index >= 15 is 0 Å². The van der Waals surface area contributed by atoms with Crippen LogP contribution in [0.25, 0.3) is 0 Å². The van der Waals surface area contributed by atoms with Crippen LogP contribution in [0.2, 0.25) is 0 Å².